The van der Waals surface area contributed by atoms with Crippen LogP contribution in [0.4, 0.5) is 0 Å². The molecule has 0 fully saturated rings. The van der Waals surface area contributed by atoms with Gasteiger partial charge in [-0.1, -0.05) is 12.1 Å². The van der Waals surface area contributed by atoms with Gasteiger partial charge >= 0.3 is 5.97 Å². The number of benzene rings is 1. The number of methoxy groups -OCH3 is 3. The molecule has 17 heavy (non-hydrogen) atoms. The summed E-state index contributed by atoms with van der Waals surface area (Å²) < 4.78 is 15.3. The number of carbonyl (C=O) groups is 1. The molecule has 0 aliphatic heterocycles. The fourth-order valence-corrected chi connectivity index (χ4v) is 1.74. The molecule has 0 aliphatic carbocycles. The normalized spacial score (nSPS) is 10.9. The van der Waals surface area contributed by atoms with Gasteiger partial charge in [-0.25, -0.2) is 0 Å². The van der Waals surface area contributed by atoms with Crippen molar-refractivity contribution in [1.82, 2.24) is 0 Å². The van der Waals surface area contributed by atoms with E-state index in [4.69, 9.17) is 14.2 Å². The molecule has 0 radical (unpaired) electrons. The molecular weight excluding hydrogens is 220 g/mol. The molecule has 4 nitrogen and oxygen atoms in total. The van der Waals surface area contributed by atoms with E-state index in [2.05, 4.69) is 0 Å². The third-order valence-corrected chi connectivity index (χ3v) is 2.77. The van der Waals surface area contributed by atoms with Crippen LogP contribution in [0.3, 0.4) is 0 Å². The van der Waals surface area contributed by atoms with E-state index in [1.807, 2.05) is 12.1 Å². The minimum absolute atomic E-state index is 0.316. The van der Waals surface area contributed by atoms with Crippen LogP contribution in [0.1, 0.15) is 19.4 Å². The van der Waals surface area contributed by atoms with Crippen LogP contribution < -0.4 is 9.47 Å². The highest BCUT2D eigenvalue weighted by Gasteiger charge is 2.34. The number of rotatable bonds is 4. The molecule has 0 heterocycles. The Morgan fingerprint density at radius 3 is 2.24 bits per heavy atom. The Kier molecular flexibility index (Phi) is 3.99. The van der Waals surface area contributed by atoms with Gasteiger partial charge in [0.25, 0.3) is 0 Å². The summed E-state index contributed by atoms with van der Waals surface area (Å²) in [4.78, 5) is 11.8. The summed E-state index contributed by atoms with van der Waals surface area (Å²) in [6.07, 6.45) is 0. The average Bonchev–Trinajstić information content (AvgIpc) is 2.36. The second-order valence-electron chi connectivity index (χ2n) is 4.16. The largest absolute Gasteiger partial charge is 0.493 e. The topological polar surface area (TPSA) is 44.8 Å². The van der Waals surface area contributed by atoms with Gasteiger partial charge in [-0.15, -0.1) is 0 Å². The summed E-state index contributed by atoms with van der Waals surface area (Å²) in [6, 6.07) is 5.44. The second kappa shape index (κ2) is 5.08. The summed E-state index contributed by atoms with van der Waals surface area (Å²) in [7, 11) is 4.48. The highest BCUT2D eigenvalue weighted by Crippen LogP contribution is 2.38. The third-order valence-electron chi connectivity index (χ3n) is 2.77. The maximum absolute atomic E-state index is 11.8. The fourth-order valence-electron chi connectivity index (χ4n) is 1.74. The average molecular weight is 238 g/mol. The quantitative estimate of drug-likeness (QED) is 0.754. The lowest BCUT2D eigenvalue weighted by Crippen LogP contribution is -2.30. The zero-order valence-electron chi connectivity index (χ0n) is 10.9. The molecule has 0 aliphatic rings. The third kappa shape index (κ3) is 2.35. The van der Waals surface area contributed by atoms with Crippen LogP contribution >= 0.6 is 0 Å². The number of hydrogen-bond donors (Lipinski definition) is 0. The SMILES string of the molecule is COC(=O)C(C)(C)c1cccc(OC)c1OC. The molecule has 0 spiro atoms. The Morgan fingerprint density at radius 2 is 1.76 bits per heavy atom. The molecule has 1 aromatic carbocycles. The zero-order valence-corrected chi connectivity index (χ0v) is 10.9. The molecule has 4 heteroatoms. The van der Waals surface area contributed by atoms with E-state index >= 15 is 0 Å². The second-order valence-corrected chi connectivity index (χ2v) is 4.16. The first-order valence-corrected chi connectivity index (χ1v) is 5.29. The molecule has 94 valence electrons. The van der Waals surface area contributed by atoms with Crippen molar-refractivity contribution in [3.63, 3.8) is 0 Å². The summed E-state index contributed by atoms with van der Waals surface area (Å²) >= 11 is 0. The van der Waals surface area contributed by atoms with Crippen LogP contribution in [0.2, 0.25) is 0 Å². The predicted octanol–water partition coefficient (Wildman–Crippen LogP) is 2.15. The predicted molar refractivity (Wildman–Crippen MR) is 64.6 cm³/mol. The highest BCUT2D eigenvalue weighted by molar-refractivity contribution is 5.83. The van der Waals surface area contributed by atoms with Crippen molar-refractivity contribution >= 4 is 5.97 Å². The molecule has 0 amide bonds. The fraction of sp³-hybridized carbons (Fsp3) is 0.462. The van der Waals surface area contributed by atoms with E-state index < -0.39 is 5.41 Å². The first-order valence-electron chi connectivity index (χ1n) is 5.29. The molecule has 0 aromatic heterocycles. The maximum Gasteiger partial charge on any atom is 0.315 e. The van der Waals surface area contributed by atoms with Crippen molar-refractivity contribution in [2.24, 2.45) is 0 Å². The van der Waals surface area contributed by atoms with Crippen molar-refractivity contribution < 1.29 is 19.0 Å². The van der Waals surface area contributed by atoms with E-state index in [-0.39, 0.29) is 5.97 Å². The van der Waals surface area contributed by atoms with E-state index in [0.29, 0.717) is 11.5 Å². The summed E-state index contributed by atoms with van der Waals surface area (Å²) in [5, 5.41) is 0. The first kappa shape index (κ1) is 13.4. The molecule has 0 unspecified atom stereocenters. The number of esters is 1. The monoisotopic (exact) mass is 238 g/mol. The lowest BCUT2D eigenvalue weighted by molar-refractivity contribution is -0.146. The Labute approximate surface area is 101 Å². The minimum Gasteiger partial charge on any atom is -0.493 e. The van der Waals surface area contributed by atoms with Crippen LogP contribution in [-0.4, -0.2) is 27.3 Å². The number of ether oxygens (including phenoxy) is 3. The van der Waals surface area contributed by atoms with Crippen LogP contribution in [-0.2, 0) is 14.9 Å². The number of carbonyl (C=O) groups excluding carboxylic acids is 1. The Morgan fingerprint density at radius 1 is 1.12 bits per heavy atom. The molecule has 0 atom stereocenters. The van der Waals surface area contributed by atoms with Crippen molar-refractivity contribution in [2.45, 2.75) is 19.3 Å². The van der Waals surface area contributed by atoms with Gasteiger partial charge in [-0.05, 0) is 19.9 Å². The summed E-state index contributed by atoms with van der Waals surface area (Å²) in [5.41, 5.74) is -0.0413. The molecule has 1 aromatic rings. The van der Waals surface area contributed by atoms with Gasteiger partial charge in [0.1, 0.15) is 0 Å². The standard InChI is InChI=1S/C13H18O4/c1-13(2,12(14)17-5)9-7-6-8-10(15-3)11(9)16-4/h6-8H,1-5H3. The van der Waals surface area contributed by atoms with Crippen LogP contribution in [0.15, 0.2) is 18.2 Å². The lowest BCUT2D eigenvalue weighted by Gasteiger charge is -2.25. The molecule has 0 saturated heterocycles. The molecule has 0 bridgehead atoms. The van der Waals surface area contributed by atoms with Crippen LogP contribution in [0.25, 0.3) is 0 Å². The van der Waals surface area contributed by atoms with Gasteiger partial charge in [-0.2, -0.15) is 0 Å². The summed E-state index contributed by atoms with van der Waals surface area (Å²) in [6.45, 7) is 3.58. The molecular formula is C13H18O4. The Hall–Kier alpha value is -1.71. The molecule has 1 rings (SSSR count). The van der Waals surface area contributed by atoms with Gasteiger partial charge in [0, 0.05) is 5.56 Å². The van der Waals surface area contributed by atoms with Gasteiger partial charge in [0.15, 0.2) is 11.5 Å². The van der Waals surface area contributed by atoms with Crippen molar-refractivity contribution in [1.29, 1.82) is 0 Å². The van der Waals surface area contributed by atoms with Gasteiger partial charge in [-0.3, -0.25) is 4.79 Å². The van der Waals surface area contributed by atoms with Gasteiger partial charge < -0.3 is 14.2 Å². The minimum atomic E-state index is -0.783. The maximum atomic E-state index is 11.8. The van der Waals surface area contributed by atoms with Crippen molar-refractivity contribution in [3.05, 3.63) is 23.8 Å². The first-order chi connectivity index (χ1) is 7.98. The van der Waals surface area contributed by atoms with Gasteiger partial charge in [0.05, 0.1) is 26.7 Å². The number of hydrogen-bond acceptors (Lipinski definition) is 4. The van der Waals surface area contributed by atoms with Crippen molar-refractivity contribution in [3.8, 4) is 11.5 Å². The number of para-hydroxylation sites is 1. The highest BCUT2D eigenvalue weighted by atomic mass is 16.5. The van der Waals surface area contributed by atoms with Crippen LogP contribution in [0.5, 0.6) is 11.5 Å². The van der Waals surface area contributed by atoms with Crippen molar-refractivity contribution in [2.75, 3.05) is 21.3 Å². The van der Waals surface area contributed by atoms with E-state index in [9.17, 15) is 4.79 Å². The summed E-state index contributed by atoms with van der Waals surface area (Å²) in [5.74, 6) is 0.844. The van der Waals surface area contributed by atoms with E-state index in [0.717, 1.165) is 5.56 Å². The molecule has 0 N–H and O–H groups in total. The Bertz CT molecular complexity index is 410. The van der Waals surface area contributed by atoms with Crippen LogP contribution in [0, 0.1) is 0 Å². The van der Waals surface area contributed by atoms with Gasteiger partial charge in [0.2, 0.25) is 0 Å². The smallest absolute Gasteiger partial charge is 0.315 e. The zero-order chi connectivity index (χ0) is 13.1. The van der Waals surface area contributed by atoms with E-state index in [1.165, 1.54) is 7.11 Å². The van der Waals surface area contributed by atoms with E-state index in [1.54, 1.807) is 34.1 Å². The molecule has 0 saturated carbocycles. The lowest BCUT2D eigenvalue weighted by atomic mass is 9.84. The Balaban J connectivity index is 3.35.